The van der Waals surface area contributed by atoms with Gasteiger partial charge >= 0.3 is 6.18 Å². The van der Waals surface area contributed by atoms with Gasteiger partial charge in [0.25, 0.3) is 0 Å². The number of carbonyl (C=O) groups is 1. The predicted octanol–water partition coefficient (Wildman–Crippen LogP) is 4.53. The third-order valence-electron chi connectivity index (χ3n) is 3.37. The summed E-state index contributed by atoms with van der Waals surface area (Å²) < 4.78 is 42.9. The summed E-state index contributed by atoms with van der Waals surface area (Å²) in [4.78, 5) is 15.9. The number of nitrogens with one attached hydrogen (secondary N) is 2. The van der Waals surface area contributed by atoms with Crippen molar-refractivity contribution in [3.05, 3.63) is 48.2 Å². The Kier molecular flexibility index (Phi) is 10.1. The number of alkyl halides is 3. The summed E-state index contributed by atoms with van der Waals surface area (Å²) in [6, 6.07) is 7.45. The van der Waals surface area contributed by atoms with E-state index >= 15 is 0 Å². The topological polar surface area (TPSA) is 63.2 Å². The number of pyridine rings is 1. The van der Waals surface area contributed by atoms with Crippen LogP contribution in [0.4, 0.5) is 18.9 Å². The number of hydrogen-bond donors (Lipinski definition) is 2. The predicted molar refractivity (Wildman–Crippen MR) is 102 cm³/mol. The molecule has 0 saturated carbocycles. The smallest absolute Gasteiger partial charge is 0.416 e. The molecule has 0 spiro atoms. The molecule has 10 heteroatoms. The third-order valence-corrected chi connectivity index (χ3v) is 3.37. The summed E-state index contributed by atoms with van der Waals surface area (Å²) in [5, 5.41) is 5.64. The largest absolute Gasteiger partial charge is 0.439 e. The number of halogens is 5. The fraction of sp³-hybridized carbons (Fsp3) is 0.294. The Balaban J connectivity index is 0.00000338. The number of carbonyl (C=O) groups excluding carboxylic acids is 1. The quantitative estimate of drug-likeness (QED) is 0.713. The van der Waals surface area contributed by atoms with E-state index in [0.29, 0.717) is 12.2 Å². The molecule has 0 bridgehead atoms. The van der Waals surface area contributed by atoms with Crippen molar-refractivity contribution in [1.82, 2.24) is 10.3 Å². The first kappa shape index (κ1) is 25.0. The van der Waals surface area contributed by atoms with Gasteiger partial charge in [-0.1, -0.05) is 6.92 Å². The molecule has 2 rings (SSSR count). The second-order valence-electron chi connectivity index (χ2n) is 5.46. The van der Waals surface area contributed by atoms with E-state index in [4.69, 9.17) is 4.74 Å². The van der Waals surface area contributed by atoms with E-state index < -0.39 is 11.7 Å². The molecular weight excluding hydrogens is 406 g/mol. The molecule has 150 valence electrons. The van der Waals surface area contributed by atoms with Crippen molar-refractivity contribution in [1.29, 1.82) is 0 Å². The lowest BCUT2D eigenvalue weighted by molar-refractivity contribution is -0.137. The van der Waals surface area contributed by atoms with E-state index in [2.05, 4.69) is 15.6 Å². The third kappa shape index (κ3) is 7.62. The van der Waals surface area contributed by atoms with Gasteiger partial charge < -0.3 is 15.4 Å². The van der Waals surface area contributed by atoms with Crippen molar-refractivity contribution >= 4 is 36.4 Å². The highest BCUT2D eigenvalue weighted by molar-refractivity contribution is 5.92. The molecule has 2 N–H and O–H groups in total. The van der Waals surface area contributed by atoms with Crippen LogP contribution in [0.25, 0.3) is 0 Å². The van der Waals surface area contributed by atoms with Gasteiger partial charge in [-0.05, 0) is 37.4 Å². The molecule has 0 aliphatic heterocycles. The van der Waals surface area contributed by atoms with E-state index in [1.807, 2.05) is 0 Å². The van der Waals surface area contributed by atoms with Crippen LogP contribution in [0.1, 0.15) is 12.5 Å². The van der Waals surface area contributed by atoms with Crippen LogP contribution in [-0.2, 0) is 11.0 Å². The maximum Gasteiger partial charge on any atom is 0.416 e. The van der Waals surface area contributed by atoms with E-state index in [9.17, 15) is 18.0 Å². The lowest BCUT2D eigenvalue weighted by Gasteiger charge is -2.12. The van der Waals surface area contributed by atoms with E-state index in [1.54, 1.807) is 20.0 Å². The fourth-order valence-electron chi connectivity index (χ4n) is 2.01. The van der Waals surface area contributed by atoms with Gasteiger partial charge in [0.1, 0.15) is 5.75 Å². The average molecular weight is 426 g/mol. The minimum atomic E-state index is -4.39. The van der Waals surface area contributed by atoms with Crippen molar-refractivity contribution < 1.29 is 22.7 Å². The lowest BCUT2D eigenvalue weighted by atomic mass is 10.1. The van der Waals surface area contributed by atoms with Gasteiger partial charge in [-0.15, -0.1) is 24.8 Å². The molecule has 5 nitrogen and oxygen atoms in total. The zero-order valence-electron chi connectivity index (χ0n) is 14.5. The Morgan fingerprint density at radius 3 is 2.26 bits per heavy atom. The van der Waals surface area contributed by atoms with Crippen molar-refractivity contribution in [2.45, 2.75) is 13.1 Å². The van der Waals surface area contributed by atoms with Gasteiger partial charge in [-0.3, -0.25) is 4.79 Å². The van der Waals surface area contributed by atoms with Crippen molar-refractivity contribution in [2.24, 2.45) is 5.92 Å². The molecule has 1 aromatic carbocycles. The number of ether oxygens (including phenoxy) is 1. The Morgan fingerprint density at radius 1 is 1.15 bits per heavy atom. The average Bonchev–Trinajstić information content (AvgIpc) is 2.56. The highest BCUT2D eigenvalue weighted by Crippen LogP contribution is 2.31. The second-order valence-corrected chi connectivity index (χ2v) is 5.46. The highest BCUT2D eigenvalue weighted by Gasteiger charge is 2.30. The SMILES string of the molecule is CNCC(C)C(=O)Nc1ccc(Oc2ccc(C(F)(F)F)cc2)nc1.Cl.Cl. The van der Waals surface area contributed by atoms with Gasteiger partial charge in [0, 0.05) is 18.5 Å². The van der Waals surface area contributed by atoms with Gasteiger partial charge in [0.05, 0.1) is 17.4 Å². The number of benzene rings is 1. The highest BCUT2D eigenvalue weighted by atomic mass is 35.5. The molecule has 0 radical (unpaired) electrons. The van der Waals surface area contributed by atoms with Crippen LogP contribution in [0.2, 0.25) is 0 Å². The molecular formula is C17H20Cl2F3N3O2. The molecule has 0 saturated heterocycles. The maximum atomic E-state index is 12.5. The monoisotopic (exact) mass is 425 g/mol. The van der Waals surface area contributed by atoms with Crippen LogP contribution in [0.5, 0.6) is 11.6 Å². The lowest BCUT2D eigenvalue weighted by Crippen LogP contribution is -2.28. The molecule has 0 aliphatic carbocycles. The summed E-state index contributed by atoms with van der Waals surface area (Å²) in [6.07, 6.45) is -2.97. The molecule has 1 unspecified atom stereocenters. The van der Waals surface area contributed by atoms with Crippen LogP contribution in [-0.4, -0.2) is 24.5 Å². The number of nitrogens with zero attached hydrogens (tertiary/aromatic N) is 1. The zero-order valence-corrected chi connectivity index (χ0v) is 16.2. The molecule has 27 heavy (non-hydrogen) atoms. The van der Waals surface area contributed by atoms with Crippen molar-refractivity contribution in [3.63, 3.8) is 0 Å². The zero-order chi connectivity index (χ0) is 18.4. The summed E-state index contributed by atoms with van der Waals surface area (Å²) in [5.41, 5.74) is -0.241. The summed E-state index contributed by atoms with van der Waals surface area (Å²) in [7, 11) is 1.76. The number of hydrogen-bond acceptors (Lipinski definition) is 4. The first-order chi connectivity index (χ1) is 11.8. The summed E-state index contributed by atoms with van der Waals surface area (Å²) >= 11 is 0. The molecule has 0 aliphatic rings. The number of aromatic nitrogens is 1. The Bertz CT molecular complexity index is 711. The molecule has 1 amide bonds. The van der Waals surface area contributed by atoms with Crippen molar-refractivity contribution in [3.8, 4) is 11.6 Å². The van der Waals surface area contributed by atoms with E-state index in [1.165, 1.54) is 24.4 Å². The molecule has 1 heterocycles. The van der Waals surface area contributed by atoms with Gasteiger partial charge in [0.15, 0.2) is 0 Å². The van der Waals surface area contributed by atoms with E-state index in [-0.39, 0.29) is 48.3 Å². The summed E-state index contributed by atoms with van der Waals surface area (Å²) in [5.74, 6) is 0.0987. The Morgan fingerprint density at radius 2 is 1.78 bits per heavy atom. The Hall–Kier alpha value is -2.03. The normalized spacial score (nSPS) is 11.6. The van der Waals surface area contributed by atoms with Crippen LogP contribution in [0.3, 0.4) is 0 Å². The van der Waals surface area contributed by atoms with Gasteiger partial charge in [-0.2, -0.15) is 13.2 Å². The number of anilines is 1. The van der Waals surface area contributed by atoms with Gasteiger partial charge in [0.2, 0.25) is 11.8 Å². The maximum absolute atomic E-state index is 12.5. The number of rotatable bonds is 6. The first-order valence-electron chi connectivity index (χ1n) is 7.56. The molecule has 1 aromatic heterocycles. The molecule has 0 fully saturated rings. The fourth-order valence-corrected chi connectivity index (χ4v) is 2.01. The van der Waals surface area contributed by atoms with E-state index in [0.717, 1.165) is 12.1 Å². The number of amides is 1. The minimum absolute atomic E-state index is 0. The van der Waals surface area contributed by atoms with Crippen LogP contribution in [0, 0.1) is 5.92 Å². The minimum Gasteiger partial charge on any atom is -0.439 e. The molecule has 2 aromatic rings. The van der Waals surface area contributed by atoms with Crippen molar-refractivity contribution in [2.75, 3.05) is 18.9 Å². The van der Waals surface area contributed by atoms with Crippen LogP contribution in [0.15, 0.2) is 42.6 Å². The second kappa shape index (κ2) is 11.0. The standard InChI is InChI=1S/C17H18F3N3O2.2ClH/c1-11(9-21-2)16(24)23-13-5-8-15(22-10-13)25-14-6-3-12(4-7-14)17(18,19)20;;/h3-8,10-11,21H,9H2,1-2H3,(H,23,24);2*1H. The molecule has 1 atom stereocenters. The van der Waals surface area contributed by atoms with Gasteiger partial charge in [-0.25, -0.2) is 4.98 Å². The summed E-state index contributed by atoms with van der Waals surface area (Å²) in [6.45, 7) is 2.34. The Labute approximate surface area is 167 Å². The first-order valence-corrected chi connectivity index (χ1v) is 7.56. The van der Waals surface area contributed by atoms with Crippen LogP contribution < -0.4 is 15.4 Å². The van der Waals surface area contributed by atoms with Crippen LogP contribution >= 0.6 is 24.8 Å².